The molecule has 37 heavy (non-hydrogen) atoms. The van der Waals surface area contributed by atoms with Gasteiger partial charge in [-0.2, -0.15) is 0 Å². The highest BCUT2D eigenvalue weighted by Gasteiger charge is 2.30. The molecule has 3 aromatic rings. The van der Waals surface area contributed by atoms with Gasteiger partial charge >= 0.3 is 0 Å². The van der Waals surface area contributed by atoms with Gasteiger partial charge in [-0.3, -0.25) is 4.90 Å². The minimum Gasteiger partial charge on any atom is -0.303 e. The van der Waals surface area contributed by atoms with E-state index in [-0.39, 0.29) is 0 Å². The average Bonchev–Trinajstić information content (AvgIpc) is 3.80. The zero-order chi connectivity index (χ0) is 24.9. The zero-order valence-corrected chi connectivity index (χ0v) is 22.6. The van der Waals surface area contributed by atoms with Crippen LogP contribution in [0.1, 0.15) is 83.9 Å². The third-order valence-corrected chi connectivity index (χ3v) is 9.05. The van der Waals surface area contributed by atoms with Crippen molar-refractivity contribution in [2.24, 2.45) is 0 Å². The van der Waals surface area contributed by atoms with Crippen LogP contribution in [0.15, 0.2) is 72.8 Å². The lowest BCUT2D eigenvalue weighted by molar-refractivity contribution is 0.186. The summed E-state index contributed by atoms with van der Waals surface area (Å²) in [4.78, 5) is 5.43. The van der Waals surface area contributed by atoms with Crippen LogP contribution in [0.2, 0.25) is 0 Å². The van der Waals surface area contributed by atoms with Crippen molar-refractivity contribution in [3.8, 4) is 0 Å². The molecule has 6 rings (SSSR count). The van der Waals surface area contributed by atoms with Crippen LogP contribution in [-0.2, 0) is 25.7 Å². The summed E-state index contributed by atoms with van der Waals surface area (Å²) in [5.41, 5.74) is 9.21. The summed E-state index contributed by atoms with van der Waals surface area (Å²) in [6, 6.07) is 28.6. The molecule has 2 aliphatic heterocycles. The standard InChI is InChI=1S/C35H44N2/c1-3-8-28(9-4-1)19-24-37-25-20-33-27-32(31-15-16-31)17-18-34(33)35(37)26-30-13-11-29(12-14-30)10-7-23-36-21-5-2-6-22-36/h1,3-4,8-9,11-14,17-18,27,31,35H,2,5-7,10,15-16,19-26H2. The molecule has 3 aromatic carbocycles. The van der Waals surface area contributed by atoms with E-state index in [1.165, 1.54) is 94.2 Å². The van der Waals surface area contributed by atoms with E-state index in [0.717, 1.165) is 25.3 Å². The van der Waals surface area contributed by atoms with Crippen LogP contribution in [0.5, 0.6) is 0 Å². The number of hydrogen-bond donors (Lipinski definition) is 0. The van der Waals surface area contributed by atoms with Crippen LogP contribution < -0.4 is 0 Å². The molecule has 2 nitrogen and oxygen atoms in total. The monoisotopic (exact) mass is 492 g/mol. The van der Waals surface area contributed by atoms with Crippen molar-refractivity contribution in [2.45, 2.75) is 76.2 Å². The molecular formula is C35H44N2. The molecule has 2 heteroatoms. The van der Waals surface area contributed by atoms with Crippen LogP contribution >= 0.6 is 0 Å². The second-order valence-electron chi connectivity index (χ2n) is 11.8. The first-order valence-corrected chi connectivity index (χ1v) is 15.0. The van der Waals surface area contributed by atoms with Crippen molar-refractivity contribution in [1.82, 2.24) is 9.80 Å². The number of nitrogens with zero attached hydrogens (tertiary/aromatic N) is 2. The van der Waals surface area contributed by atoms with Crippen molar-refractivity contribution in [3.63, 3.8) is 0 Å². The van der Waals surface area contributed by atoms with E-state index < -0.39 is 0 Å². The molecule has 1 saturated heterocycles. The van der Waals surface area contributed by atoms with Crippen LogP contribution in [0.3, 0.4) is 0 Å². The van der Waals surface area contributed by atoms with Gasteiger partial charge in [0.15, 0.2) is 0 Å². The minimum atomic E-state index is 0.477. The average molecular weight is 493 g/mol. The van der Waals surface area contributed by atoms with Crippen molar-refractivity contribution in [3.05, 3.63) is 106 Å². The maximum atomic E-state index is 2.76. The molecule has 1 aliphatic carbocycles. The summed E-state index contributed by atoms with van der Waals surface area (Å²) in [5, 5.41) is 0. The third-order valence-electron chi connectivity index (χ3n) is 9.05. The first-order chi connectivity index (χ1) is 18.3. The number of fused-ring (bicyclic) bond motifs is 1. The molecule has 0 aromatic heterocycles. The summed E-state index contributed by atoms with van der Waals surface area (Å²) in [6.45, 7) is 6.19. The van der Waals surface area contributed by atoms with Gasteiger partial charge in [0.05, 0.1) is 0 Å². The largest absolute Gasteiger partial charge is 0.303 e. The molecular weight excluding hydrogens is 448 g/mol. The number of likely N-dealkylation sites (tertiary alicyclic amines) is 1. The van der Waals surface area contributed by atoms with Crippen LogP contribution in [0.4, 0.5) is 0 Å². The fourth-order valence-corrected chi connectivity index (χ4v) is 6.63. The highest BCUT2D eigenvalue weighted by molar-refractivity contribution is 5.40. The van der Waals surface area contributed by atoms with E-state index in [2.05, 4.69) is 82.6 Å². The number of benzene rings is 3. The van der Waals surface area contributed by atoms with Crippen LogP contribution in [0, 0.1) is 0 Å². The van der Waals surface area contributed by atoms with Gasteiger partial charge in [-0.25, -0.2) is 0 Å². The molecule has 0 bridgehead atoms. The quantitative estimate of drug-likeness (QED) is 0.292. The van der Waals surface area contributed by atoms with Gasteiger partial charge < -0.3 is 4.90 Å². The van der Waals surface area contributed by atoms with Crippen molar-refractivity contribution in [2.75, 3.05) is 32.7 Å². The predicted molar refractivity (Wildman–Crippen MR) is 155 cm³/mol. The Morgan fingerprint density at radius 3 is 2.22 bits per heavy atom. The summed E-state index contributed by atoms with van der Waals surface area (Å²) in [7, 11) is 0. The Bertz CT molecular complexity index is 1130. The molecule has 194 valence electrons. The third kappa shape index (κ3) is 6.54. The second-order valence-corrected chi connectivity index (χ2v) is 11.8. The van der Waals surface area contributed by atoms with Gasteiger partial charge in [-0.05, 0) is 117 Å². The lowest BCUT2D eigenvalue weighted by atomic mass is 9.86. The van der Waals surface area contributed by atoms with Gasteiger partial charge in [0, 0.05) is 19.1 Å². The maximum Gasteiger partial charge on any atom is 0.0391 e. The first-order valence-electron chi connectivity index (χ1n) is 15.0. The van der Waals surface area contributed by atoms with E-state index in [0.29, 0.717) is 6.04 Å². The molecule has 0 radical (unpaired) electrons. The summed E-state index contributed by atoms with van der Waals surface area (Å²) in [6.07, 6.45) is 12.9. The summed E-state index contributed by atoms with van der Waals surface area (Å²) in [5.74, 6) is 0.835. The van der Waals surface area contributed by atoms with Gasteiger partial charge in [0.25, 0.3) is 0 Å². The van der Waals surface area contributed by atoms with Crippen molar-refractivity contribution >= 4 is 0 Å². The predicted octanol–water partition coefficient (Wildman–Crippen LogP) is 7.37. The summed E-state index contributed by atoms with van der Waals surface area (Å²) >= 11 is 0. The van der Waals surface area contributed by atoms with E-state index in [4.69, 9.17) is 0 Å². The first kappa shape index (κ1) is 24.9. The number of piperidine rings is 1. The SMILES string of the molecule is c1ccc(CCN2CCc3cc(C4CC4)ccc3C2Cc2ccc(CCCN3CCCCC3)cc2)cc1. The highest BCUT2D eigenvalue weighted by atomic mass is 15.2. The molecule has 1 atom stereocenters. The highest BCUT2D eigenvalue weighted by Crippen LogP contribution is 2.42. The molecule has 1 unspecified atom stereocenters. The fourth-order valence-electron chi connectivity index (χ4n) is 6.63. The van der Waals surface area contributed by atoms with Gasteiger partial charge in [-0.15, -0.1) is 0 Å². The topological polar surface area (TPSA) is 6.48 Å². The van der Waals surface area contributed by atoms with E-state index in [1.807, 2.05) is 0 Å². The fraction of sp³-hybridized carbons (Fsp3) is 0.486. The van der Waals surface area contributed by atoms with Gasteiger partial charge in [0.1, 0.15) is 0 Å². The second kappa shape index (κ2) is 12.0. The molecule has 3 aliphatic rings. The van der Waals surface area contributed by atoms with Gasteiger partial charge in [-0.1, -0.05) is 79.2 Å². The molecule has 1 saturated carbocycles. The normalized spacial score (nSPS) is 20.6. The lowest BCUT2D eigenvalue weighted by Gasteiger charge is -2.38. The molecule has 2 fully saturated rings. The Morgan fingerprint density at radius 1 is 0.676 bits per heavy atom. The summed E-state index contributed by atoms with van der Waals surface area (Å²) < 4.78 is 0. The van der Waals surface area contributed by atoms with E-state index in [9.17, 15) is 0 Å². The number of rotatable bonds is 10. The maximum absolute atomic E-state index is 2.76. The van der Waals surface area contributed by atoms with Crippen molar-refractivity contribution < 1.29 is 0 Å². The Labute approximate surface area is 224 Å². The number of aryl methyl sites for hydroxylation is 1. The van der Waals surface area contributed by atoms with Crippen LogP contribution in [-0.4, -0.2) is 42.5 Å². The molecule has 0 spiro atoms. The molecule has 2 heterocycles. The Kier molecular flexibility index (Phi) is 8.05. The van der Waals surface area contributed by atoms with Crippen molar-refractivity contribution in [1.29, 1.82) is 0 Å². The Morgan fingerprint density at radius 2 is 1.43 bits per heavy atom. The molecule has 0 amide bonds. The molecule has 0 N–H and O–H groups in total. The smallest absolute Gasteiger partial charge is 0.0391 e. The van der Waals surface area contributed by atoms with E-state index in [1.54, 1.807) is 16.7 Å². The zero-order valence-electron chi connectivity index (χ0n) is 22.6. The van der Waals surface area contributed by atoms with Gasteiger partial charge in [0.2, 0.25) is 0 Å². The van der Waals surface area contributed by atoms with Crippen LogP contribution in [0.25, 0.3) is 0 Å². The Balaban J connectivity index is 1.13. The minimum absolute atomic E-state index is 0.477. The lowest BCUT2D eigenvalue weighted by Crippen LogP contribution is -2.38. The van der Waals surface area contributed by atoms with E-state index >= 15 is 0 Å². The number of hydrogen-bond acceptors (Lipinski definition) is 2. The Hall–Kier alpha value is -2.42.